The van der Waals surface area contributed by atoms with Gasteiger partial charge in [-0.3, -0.25) is 14.4 Å². The first-order valence-electron chi connectivity index (χ1n) is 11.6. The second-order valence-electron chi connectivity index (χ2n) is 9.56. The molecule has 1 saturated heterocycles. The van der Waals surface area contributed by atoms with Crippen molar-refractivity contribution in [1.82, 2.24) is 9.80 Å². The number of benzene rings is 2. The van der Waals surface area contributed by atoms with E-state index in [2.05, 4.69) is 0 Å². The highest BCUT2D eigenvalue weighted by atomic mass is 19.4. The Labute approximate surface area is 208 Å². The maximum Gasteiger partial charge on any atom is 0.409 e. The van der Waals surface area contributed by atoms with Crippen LogP contribution in [0.1, 0.15) is 29.5 Å². The number of alkyl halides is 3. The highest BCUT2D eigenvalue weighted by Gasteiger charge is 2.60. The quantitative estimate of drug-likeness (QED) is 0.357. The lowest BCUT2D eigenvalue weighted by Gasteiger charge is -2.34. The Balaban J connectivity index is 1.42. The number of rotatable bonds is 6. The number of nitrogens with two attached hydrogens (primary N) is 1. The summed E-state index contributed by atoms with van der Waals surface area (Å²) in [6.45, 7) is -1.80. The molecule has 3 aliphatic rings. The van der Waals surface area contributed by atoms with Crippen molar-refractivity contribution in [2.75, 3.05) is 19.0 Å². The molecule has 1 aliphatic heterocycles. The summed E-state index contributed by atoms with van der Waals surface area (Å²) < 4.78 is 75.2. The van der Waals surface area contributed by atoms with E-state index in [0.717, 1.165) is 23.1 Å². The van der Waals surface area contributed by atoms with Gasteiger partial charge in [-0.1, -0.05) is 12.1 Å². The predicted molar refractivity (Wildman–Crippen MR) is 118 cm³/mol. The molecule has 2 fully saturated rings. The van der Waals surface area contributed by atoms with Crippen LogP contribution in [0.4, 0.5) is 27.6 Å². The Kier molecular flexibility index (Phi) is 5.97. The van der Waals surface area contributed by atoms with Gasteiger partial charge in [-0.2, -0.15) is 13.2 Å². The molecule has 37 heavy (non-hydrogen) atoms. The first kappa shape index (κ1) is 25.1. The Morgan fingerprint density at radius 1 is 1.16 bits per heavy atom. The Morgan fingerprint density at radius 3 is 2.46 bits per heavy atom. The number of nitrogens with zero attached hydrogens (tertiary/aromatic N) is 2. The molecule has 1 unspecified atom stereocenters. The van der Waals surface area contributed by atoms with Crippen LogP contribution >= 0.6 is 0 Å². The number of hydrogen-bond acceptors (Lipinski definition) is 5. The molecule has 1 spiro atoms. The Hall–Kier alpha value is -3.54. The zero-order valence-electron chi connectivity index (χ0n) is 19.4. The highest BCUT2D eigenvalue weighted by Crippen LogP contribution is 2.45. The lowest BCUT2D eigenvalue weighted by atomic mass is 9.93. The van der Waals surface area contributed by atoms with E-state index in [0.29, 0.717) is 10.5 Å². The minimum absolute atomic E-state index is 0.0292. The Bertz CT molecular complexity index is 1280. The molecule has 2 aliphatic carbocycles. The number of hydrogen-bond donors (Lipinski definition) is 1. The number of nitrogen functional groups attached to an aromatic ring is 1. The van der Waals surface area contributed by atoms with Gasteiger partial charge in [0.05, 0.1) is 5.69 Å². The molecule has 2 aromatic rings. The van der Waals surface area contributed by atoms with Gasteiger partial charge in [0.15, 0.2) is 5.78 Å². The predicted octanol–water partition coefficient (Wildman–Crippen LogP) is 3.05. The molecule has 2 amide bonds. The SMILES string of the molecule is Nc1cc2c(cc1F)C1(OCN(CC(=O)N(Cc3ccc(F)cc3)[C@@H](C3CC3)C(F)(F)F)C1=O)C(=O)C2. The van der Waals surface area contributed by atoms with Crippen LogP contribution in [0.3, 0.4) is 0 Å². The van der Waals surface area contributed by atoms with E-state index in [1.807, 2.05) is 0 Å². The maximum atomic E-state index is 14.2. The van der Waals surface area contributed by atoms with Crippen LogP contribution in [-0.2, 0) is 37.7 Å². The molecule has 7 nitrogen and oxygen atoms in total. The van der Waals surface area contributed by atoms with Crippen molar-refractivity contribution in [3.05, 3.63) is 64.7 Å². The smallest absolute Gasteiger partial charge is 0.396 e. The summed E-state index contributed by atoms with van der Waals surface area (Å²) >= 11 is 0. The molecular weight excluding hydrogens is 501 g/mol. The summed E-state index contributed by atoms with van der Waals surface area (Å²) in [5.74, 6) is -4.88. The summed E-state index contributed by atoms with van der Waals surface area (Å²) in [6.07, 6.45) is -4.41. The van der Waals surface area contributed by atoms with E-state index in [4.69, 9.17) is 10.5 Å². The average Bonchev–Trinajstić information content (AvgIpc) is 3.54. The minimum Gasteiger partial charge on any atom is -0.396 e. The molecule has 12 heteroatoms. The van der Waals surface area contributed by atoms with Crippen LogP contribution in [0.2, 0.25) is 0 Å². The van der Waals surface area contributed by atoms with Gasteiger partial charge >= 0.3 is 6.18 Å². The lowest BCUT2D eigenvalue weighted by Crippen LogP contribution is -2.53. The highest BCUT2D eigenvalue weighted by molar-refractivity contribution is 6.15. The van der Waals surface area contributed by atoms with Gasteiger partial charge in [-0.15, -0.1) is 0 Å². The molecule has 0 aromatic heterocycles. The van der Waals surface area contributed by atoms with Crippen LogP contribution in [0.5, 0.6) is 0 Å². The van der Waals surface area contributed by atoms with E-state index in [9.17, 15) is 36.3 Å². The van der Waals surface area contributed by atoms with Gasteiger partial charge in [0.2, 0.25) is 11.5 Å². The van der Waals surface area contributed by atoms with Gasteiger partial charge in [0.25, 0.3) is 5.91 Å². The number of anilines is 1. The molecule has 0 bridgehead atoms. The van der Waals surface area contributed by atoms with Gasteiger partial charge < -0.3 is 20.3 Å². The van der Waals surface area contributed by atoms with Crippen LogP contribution in [-0.4, -0.2) is 52.9 Å². The average molecular weight is 523 g/mol. The van der Waals surface area contributed by atoms with Crippen molar-refractivity contribution in [1.29, 1.82) is 0 Å². The maximum absolute atomic E-state index is 14.2. The van der Waals surface area contributed by atoms with Crippen molar-refractivity contribution in [3.8, 4) is 0 Å². The summed E-state index contributed by atoms with van der Waals surface area (Å²) in [4.78, 5) is 41.0. The molecule has 196 valence electrons. The van der Waals surface area contributed by atoms with Gasteiger partial charge in [0.1, 0.15) is 31.0 Å². The van der Waals surface area contributed by atoms with Gasteiger partial charge in [-0.05, 0) is 54.2 Å². The van der Waals surface area contributed by atoms with E-state index in [1.54, 1.807) is 0 Å². The largest absolute Gasteiger partial charge is 0.409 e. The zero-order valence-corrected chi connectivity index (χ0v) is 19.4. The number of fused-ring (bicyclic) bond motifs is 2. The monoisotopic (exact) mass is 523 g/mol. The molecule has 0 radical (unpaired) electrons. The van der Waals surface area contributed by atoms with Gasteiger partial charge in [-0.25, -0.2) is 8.78 Å². The summed E-state index contributed by atoms with van der Waals surface area (Å²) in [6, 6.07) is 4.79. The molecule has 2 N–H and O–H groups in total. The molecule has 1 saturated carbocycles. The standard InChI is InChI=1S/C25H22F5N3O4/c26-16-5-1-13(2-6-16)10-33(22(14-3-4-14)25(28,29)30)21(35)11-32-12-37-24(23(32)36)17-9-18(27)19(31)7-15(17)8-20(24)34/h1-2,5-7,9,14,22H,3-4,8,10-12,31H2/t22-,24?/m0/s1. The molecule has 2 aromatic carbocycles. The summed E-state index contributed by atoms with van der Waals surface area (Å²) in [5.41, 5.74) is 3.73. The molecule has 1 heterocycles. The van der Waals surface area contributed by atoms with Crippen LogP contribution in [0.15, 0.2) is 36.4 Å². The topological polar surface area (TPSA) is 92.9 Å². The van der Waals surface area contributed by atoms with Crippen molar-refractivity contribution < 1.29 is 41.1 Å². The number of ketones is 1. The normalized spacial score (nSPS) is 22.0. The van der Waals surface area contributed by atoms with E-state index < -0.39 is 72.8 Å². The van der Waals surface area contributed by atoms with Crippen molar-refractivity contribution in [2.45, 2.75) is 43.6 Å². The van der Waals surface area contributed by atoms with Crippen LogP contribution in [0, 0.1) is 17.6 Å². The fraction of sp³-hybridized carbons (Fsp3) is 0.400. The molecular formula is C25H22F5N3O4. The third-order valence-corrected chi connectivity index (χ3v) is 7.02. The third kappa shape index (κ3) is 4.32. The number of ether oxygens (including phenoxy) is 1. The van der Waals surface area contributed by atoms with Crippen LogP contribution < -0.4 is 5.73 Å². The zero-order chi connectivity index (χ0) is 26.7. The molecule has 2 atom stereocenters. The van der Waals surface area contributed by atoms with E-state index in [1.165, 1.54) is 18.2 Å². The second kappa shape index (κ2) is 8.79. The lowest BCUT2D eigenvalue weighted by molar-refractivity contribution is -0.196. The van der Waals surface area contributed by atoms with E-state index >= 15 is 0 Å². The number of amides is 2. The number of carbonyl (C=O) groups excluding carboxylic acids is 3. The van der Waals surface area contributed by atoms with Crippen molar-refractivity contribution >= 4 is 23.3 Å². The van der Waals surface area contributed by atoms with E-state index in [-0.39, 0.29) is 36.1 Å². The van der Waals surface area contributed by atoms with Gasteiger partial charge in [0, 0.05) is 18.5 Å². The van der Waals surface area contributed by atoms with Crippen molar-refractivity contribution in [3.63, 3.8) is 0 Å². The second-order valence-corrected chi connectivity index (χ2v) is 9.56. The number of halogens is 5. The summed E-state index contributed by atoms with van der Waals surface area (Å²) in [7, 11) is 0. The number of Topliss-reactive ketones (excluding diaryl/α,β-unsaturated/α-hetero) is 1. The first-order chi connectivity index (χ1) is 17.4. The van der Waals surface area contributed by atoms with Crippen molar-refractivity contribution in [2.24, 2.45) is 5.92 Å². The molecule has 5 rings (SSSR count). The summed E-state index contributed by atoms with van der Waals surface area (Å²) in [5, 5.41) is 0. The fourth-order valence-electron chi connectivity index (χ4n) is 5.08. The first-order valence-corrected chi connectivity index (χ1v) is 11.6. The third-order valence-electron chi connectivity index (χ3n) is 7.02. The Morgan fingerprint density at radius 2 is 1.84 bits per heavy atom. The number of carbonyl (C=O) groups is 3. The minimum atomic E-state index is -4.73. The van der Waals surface area contributed by atoms with Crippen LogP contribution in [0.25, 0.3) is 0 Å². The fourth-order valence-corrected chi connectivity index (χ4v) is 5.08.